The van der Waals surface area contributed by atoms with Crippen LogP contribution in [0.3, 0.4) is 0 Å². The van der Waals surface area contributed by atoms with Crippen molar-refractivity contribution in [2.45, 2.75) is 46.2 Å². The first kappa shape index (κ1) is 16.2. The van der Waals surface area contributed by atoms with Crippen molar-refractivity contribution in [3.05, 3.63) is 51.3 Å². The Morgan fingerprint density at radius 2 is 2.14 bits per heavy atom. The molecule has 2 aromatic rings. The monoisotopic (exact) mass is 350 g/mol. The van der Waals surface area contributed by atoms with Gasteiger partial charge in [0.25, 0.3) is 0 Å². The van der Waals surface area contributed by atoms with E-state index in [9.17, 15) is 0 Å². The average Bonchev–Trinajstić information content (AvgIpc) is 2.81. The Labute approximate surface area is 134 Å². The van der Waals surface area contributed by atoms with E-state index in [-0.39, 0.29) is 6.04 Å². The van der Waals surface area contributed by atoms with Crippen LogP contribution in [0.2, 0.25) is 0 Å². The lowest BCUT2D eigenvalue weighted by Gasteiger charge is -2.20. The van der Waals surface area contributed by atoms with Crippen molar-refractivity contribution in [2.75, 3.05) is 0 Å². The van der Waals surface area contributed by atoms with Crippen molar-refractivity contribution in [3.8, 4) is 0 Å². The molecule has 0 saturated heterocycles. The third kappa shape index (κ3) is 3.73. The molecule has 1 aromatic carbocycles. The summed E-state index contributed by atoms with van der Waals surface area (Å²) in [6.07, 6.45) is 3.73. The third-order valence-electron chi connectivity index (χ3n) is 3.73. The highest BCUT2D eigenvalue weighted by Gasteiger charge is 2.20. The summed E-state index contributed by atoms with van der Waals surface area (Å²) in [7, 11) is 0. The normalized spacial score (nSPS) is 12.6. The maximum absolute atomic E-state index is 5.82. The highest BCUT2D eigenvalue weighted by atomic mass is 79.9. The van der Waals surface area contributed by atoms with Crippen molar-refractivity contribution in [1.29, 1.82) is 0 Å². The molecule has 0 radical (unpaired) electrons. The smallest absolute Gasteiger partial charge is 0.0712 e. The van der Waals surface area contributed by atoms with Gasteiger partial charge in [-0.05, 0) is 53.7 Å². The summed E-state index contributed by atoms with van der Waals surface area (Å²) in [5.41, 5.74) is 7.93. The number of nitrogens with one attached hydrogen (secondary N) is 1. The average molecular weight is 351 g/mol. The lowest BCUT2D eigenvalue weighted by molar-refractivity contribution is 0.476. The van der Waals surface area contributed by atoms with Gasteiger partial charge in [0.05, 0.1) is 22.4 Å². The molecule has 3 N–H and O–H groups in total. The Balaban J connectivity index is 2.32. The van der Waals surface area contributed by atoms with E-state index in [2.05, 4.69) is 65.4 Å². The molecule has 0 bridgehead atoms. The molecular weight excluding hydrogens is 328 g/mol. The van der Waals surface area contributed by atoms with E-state index in [0.29, 0.717) is 0 Å². The Hall–Kier alpha value is -1.17. The minimum Gasteiger partial charge on any atom is -0.271 e. The second-order valence-corrected chi connectivity index (χ2v) is 6.31. The van der Waals surface area contributed by atoms with Gasteiger partial charge in [0, 0.05) is 6.54 Å². The number of nitrogens with zero attached hydrogens (tertiary/aromatic N) is 2. The lowest BCUT2D eigenvalue weighted by Crippen LogP contribution is -2.32. The molecule has 0 aliphatic rings. The largest absolute Gasteiger partial charge is 0.271 e. The molecule has 1 unspecified atom stereocenters. The van der Waals surface area contributed by atoms with Gasteiger partial charge in [0.2, 0.25) is 0 Å². The maximum Gasteiger partial charge on any atom is 0.0712 e. The highest BCUT2D eigenvalue weighted by Crippen LogP contribution is 2.27. The number of benzene rings is 1. The first-order valence-corrected chi connectivity index (χ1v) is 8.09. The molecule has 2 rings (SSSR count). The summed E-state index contributed by atoms with van der Waals surface area (Å²) in [5, 5.41) is 4.43. The van der Waals surface area contributed by atoms with Crippen molar-refractivity contribution in [2.24, 2.45) is 5.84 Å². The number of halogens is 1. The lowest BCUT2D eigenvalue weighted by atomic mass is 9.97. The Morgan fingerprint density at radius 3 is 2.81 bits per heavy atom. The highest BCUT2D eigenvalue weighted by molar-refractivity contribution is 9.10. The summed E-state index contributed by atoms with van der Waals surface area (Å²) < 4.78 is 3.03. The molecule has 1 heterocycles. The molecule has 0 amide bonds. The van der Waals surface area contributed by atoms with Crippen LogP contribution in [-0.2, 0) is 13.0 Å². The van der Waals surface area contributed by atoms with Gasteiger partial charge in [-0.25, -0.2) is 0 Å². The van der Waals surface area contributed by atoms with Crippen LogP contribution >= 0.6 is 15.9 Å². The van der Waals surface area contributed by atoms with Gasteiger partial charge >= 0.3 is 0 Å². The van der Waals surface area contributed by atoms with Crippen molar-refractivity contribution in [1.82, 2.24) is 15.2 Å². The Bertz CT molecular complexity index is 606. The van der Waals surface area contributed by atoms with E-state index in [4.69, 9.17) is 5.84 Å². The van der Waals surface area contributed by atoms with Gasteiger partial charge in [0.1, 0.15) is 0 Å². The molecule has 0 spiro atoms. The molecule has 5 heteroatoms. The molecule has 21 heavy (non-hydrogen) atoms. The number of aromatic nitrogens is 2. The molecular formula is C16H23BrN4. The summed E-state index contributed by atoms with van der Waals surface area (Å²) in [6.45, 7) is 7.30. The van der Waals surface area contributed by atoms with Gasteiger partial charge < -0.3 is 0 Å². The fourth-order valence-corrected chi connectivity index (χ4v) is 3.16. The molecule has 114 valence electrons. The summed E-state index contributed by atoms with van der Waals surface area (Å²) in [5.74, 6) is 5.82. The fourth-order valence-electron chi connectivity index (χ4n) is 2.58. The molecule has 4 nitrogen and oxygen atoms in total. The van der Waals surface area contributed by atoms with Crippen LogP contribution in [0.25, 0.3) is 0 Å². The van der Waals surface area contributed by atoms with Crippen LogP contribution in [0.5, 0.6) is 0 Å². The van der Waals surface area contributed by atoms with Crippen LogP contribution in [0, 0.1) is 13.8 Å². The van der Waals surface area contributed by atoms with Gasteiger partial charge in [0.15, 0.2) is 0 Å². The molecule has 0 fully saturated rings. The van der Waals surface area contributed by atoms with Crippen LogP contribution in [-0.4, -0.2) is 9.78 Å². The number of aryl methyl sites for hydroxylation is 3. The molecule has 0 aliphatic heterocycles. The molecule has 0 saturated carbocycles. The van der Waals surface area contributed by atoms with Gasteiger partial charge in [-0.3, -0.25) is 16.0 Å². The van der Waals surface area contributed by atoms with E-state index >= 15 is 0 Å². The topological polar surface area (TPSA) is 55.9 Å². The first-order valence-electron chi connectivity index (χ1n) is 7.30. The second-order valence-electron chi connectivity index (χ2n) is 5.45. The number of rotatable bonds is 6. The van der Waals surface area contributed by atoms with E-state index in [1.165, 1.54) is 16.7 Å². The molecule has 0 aliphatic carbocycles. The summed E-state index contributed by atoms with van der Waals surface area (Å²) >= 11 is 3.60. The van der Waals surface area contributed by atoms with Crippen molar-refractivity contribution < 1.29 is 0 Å². The second kappa shape index (κ2) is 7.20. The zero-order chi connectivity index (χ0) is 15.4. The van der Waals surface area contributed by atoms with E-state index in [1.54, 1.807) is 0 Å². The maximum atomic E-state index is 5.82. The number of hydrazine groups is 1. The van der Waals surface area contributed by atoms with Crippen molar-refractivity contribution in [3.63, 3.8) is 0 Å². The molecule has 1 aromatic heterocycles. The predicted octanol–water partition coefficient (Wildman–Crippen LogP) is 3.42. The summed E-state index contributed by atoms with van der Waals surface area (Å²) in [6, 6.07) is 6.57. The zero-order valence-electron chi connectivity index (χ0n) is 12.9. The van der Waals surface area contributed by atoms with Crippen LogP contribution in [0.1, 0.15) is 41.8 Å². The first-order chi connectivity index (χ1) is 10.1. The Kier molecular flexibility index (Phi) is 5.56. The Morgan fingerprint density at radius 1 is 1.38 bits per heavy atom. The fraction of sp³-hybridized carbons (Fsp3) is 0.438. The minimum absolute atomic E-state index is 0.0360. The summed E-state index contributed by atoms with van der Waals surface area (Å²) in [4.78, 5) is 0. The standard InChI is InChI=1S/C16H23BrN4/c1-4-7-21-16(14(17)10-19-21)15(20-18)9-13-8-11(2)5-6-12(13)3/h5-6,8,10,15,20H,4,7,9,18H2,1-3H3. The van der Waals surface area contributed by atoms with Gasteiger partial charge in [-0.2, -0.15) is 5.10 Å². The van der Waals surface area contributed by atoms with Crippen LogP contribution in [0.15, 0.2) is 28.9 Å². The van der Waals surface area contributed by atoms with E-state index < -0.39 is 0 Å². The number of hydrogen-bond donors (Lipinski definition) is 2. The number of hydrogen-bond acceptors (Lipinski definition) is 3. The predicted molar refractivity (Wildman–Crippen MR) is 89.9 cm³/mol. The minimum atomic E-state index is 0.0360. The SMILES string of the molecule is CCCn1ncc(Br)c1C(Cc1cc(C)ccc1C)NN. The quantitative estimate of drug-likeness (QED) is 0.619. The van der Waals surface area contributed by atoms with Crippen LogP contribution in [0.4, 0.5) is 0 Å². The third-order valence-corrected chi connectivity index (χ3v) is 4.34. The zero-order valence-corrected chi connectivity index (χ0v) is 14.4. The van der Waals surface area contributed by atoms with E-state index in [1.807, 2.05) is 10.9 Å². The number of nitrogens with two attached hydrogens (primary N) is 1. The van der Waals surface area contributed by atoms with E-state index in [0.717, 1.165) is 29.6 Å². The molecule has 1 atom stereocenters. The van der Waals surface area contributed by atoms with Crippen LogP contribution < -0.4 is 11.3 Å². The van der Waals surface area contributed by atoms with Gasteiger partial charge in [-0.1, -0.05) is 30.7 Å². The van der Waals surface area contributed by atoms with Crippen molar-refractivity contribution >= 4 is 15.9 Å². The van der Waals surface area contributed by atoms with Gasteiger partial charge in [-0.15, -0.1) is 0 Å².